The van der Waals surface area contributed by atoms with Gasteiger partial charge in [-0.05, 0) is 23.3 Å². The van der Waals surface area contributed by atoms with Gasteiger partial charge in [-0.1, -0.05) is 0 Å². The van der Waals surface area contributed by atoms with E-state index in [-0.39, 0.29) is 12.4 Å². The van der Waals surface area contributed by atoms with Gasteiger partial charge in [0.2, 0.25) is 11.8 Å². The van der Waals surface area contributed by atoms with Gasteiger partial charge in [0.25, 0.3) is 0 Å². The Morgan fingerprint density at radius 2 is 1.71 bits per heavy atom. The first-order valence-electron chi connectivity index (χ1n) is 8.47. The van der Waals surface area contributed by atoms with E-state index in [1.165, 1.54) is 25.4 Å². The average Bonchev–Trinajstić information content (AvgIpc) is 3.09. The lowest BCUT2D eigenvalue weighted by Crippen LogP contribution is -2.06. The number of H-pyrrole nitrogens is 1. The first kappa shape index (κ1) is 17.8. The fourth-order valence-corrected chi connectivity index (χ4v) is 2.89. The molecule has 0 saturated carbocycles. The molecule has 4 rings (SSSR count). The van der Waals surface area contributed by atoms with Gasteiger partial charge in [-0.3, -0.25) is 0 Å². The number of halogens is 2. The Kier molecular flexibility index (Phi) is 4.79. The van der Waals surface area contributed by atoms with E-state index in [0.29, 0.717) is 29.5 Å². The minimum absolute atomic E-state index is 0.265. The van der Waals surface area contributed by atoms with Crippen LogP contribution in [0, 0.1) is 11.6 Å². The molecule has 0 fully saturated rings. The van der Waals surface area contributed by atoms with Gasteiger partial charge in [0.15, 0.2) is 0 Å². The highest BCUT2D eigenvalue weighted by Crippen LogP contribution is 2.20. The molecule has 0 bridgehead atoms. The number of fused-ring (bicyclic) bond motifs is 1. The Morgan fingerprint density at radius 1 is 0.964 bits per heavy atom. The molecule has 0 amide bonds. The van der Waals surface area contributed by atoms with Crippen molar-refractivity contribution < 1.29 is 13.5 Å². The van der Waals surface area contributed by atoms with E-state index in [0.717, 1.165) is 22.7 Å². The summed E-state index contributed by atoms with van der Waals surface area (Å²) in [5, 5.41) is 3.74. The first-order valence-corrected chi connectivity index (χ1v) is 8.47. The third kappa shape index (κ3) is 3.73. The first-order chi connectivity index (χ1) is 13.6. The van der Waals surface area contributed by atoms with Crippen molar-refractivity contribution in [3.63, 3.8) is 0 Å². The lowest BCUT2D eigenvalue weighted by Gasteiger charge is -2.09. The fraction of sp³-hybridized carbons (Fsp3) is 0.158. The maximum atomic E-state index is 13.4. The second-order valence-corrected chi connectivity index (χ2v) is 6.13. The minimum atomic E-state index is -0.446. The van der Waals surface area contributed by atoms with Gasteiger partial charge in [-0.15, -0.1) is 0 Å². The molecule has 0 aliphatic rings. The van der Waals surface area contributed by atoms with E-state index in [2.05, 4.69) is 30.2 Å². The molecule has 2 N–H and O–H groups in total. The van der Waals surface area contributed by atoms with Crippen molar-refractivity contribution in [1.29, 1.82) is 0 Å². The molecule has 7 nitrogen and oxygen atoms in total. The lowest BCUT2D eigenvalue weighted by atomic mass is 10.1. The second-order valence-electron chi connectivity index (χ2n) is 6.13. The van der Waals surface area contributed by atoms with Gasteiger partial charge in [0.05, 0.1) is 19.5 Å². The fourth-order valence-electron chi connectivity index (χ4n) is 2.89. The number of hydrogen-bond acceptors (Lipinski definition) is 6. The molecule has 142 valence electrons. The summed E-state index contributed by atoms with van der Waals surface area (Å²) in [6, 6.07) is 2.79. The van der Waals surface area contributed by atoms with Crippen molar-refractivity contribution in [2.75, 3.05) is 12.4 Å². The molecular weight excluding hydrogens is 366 g/mol. The molecule has 28 heavy (non-hydrogen) atoms. The number of anilines is 1. The number of methoxy groups -OCH3 is 1. The van der Waals surface area contributed by atoms with Crippen molar-refractivity contribution >= 4 is 17.0 Å². The van der Waals surface area contributed by atoms with E-state index in [1.807, 2.05) is 0 Å². The summed E-state index contributed by atoms with van der Waals surface area (Å²) >= 11 is 0. The molecule has 0 aliphatic heterocycles. The summed E-state index contributed by atoms with van der Waals surface area (Å²) in [5.41, 5.74) is 2.96. The normalized spacial score (nSPS) is 11.0. The highest BCUT2D eigenvalue weighted by molar-refractivity contribution is 5.79. The van der Waals surface area contributed by atoms with Crippen LogP contribution in [0.1, 0.15) is 16.7 Å². The van der Waals surface area contributed by atoms with Crippen molar-refractivity contribution in [1.82, 2.24) is 24.9 Å². The molecule has 0 spiro atoms. The van der Waals surface area contributed by atoms with Crippen LogP contribution < -0.4 is 10.1 Å². The Bertz CT molecular complexity index is 1110. The quantitative estimate of drug-likeness (QED) is 0.532. The molecule has 0 saturated heterocycles. The summed E-state index contributed by atoms with van der Waals surface area (Å²) in [7, 11) is 1.47. The molecule has 0 aliphatic carbocycles. The standard InChI is InChI=1S/C19H16F2N6O/c1-28-18-13(3-14(20)10-24-18)8-27-19-25-5-11(6-26-19)2-12-7-22-17-16(12)4-15(21)9-23-17/h3-7,9-10H,2,8H2,1H3,(H,22,23)(H,25,26,27). The lowest BCUT2D eigenvalue weighted by molar-refractivity contribution is 0.391. The molecule has 4 aromatic heterocycles. The zero-order valence-electron chi connectivity index (χ0n) is 14.9. The highest BCUT2D eigenvalue weighted by atomic mass is 19.1. The van der Waals surface area contributed by atoms with E-state index < -0.39 is 5.82 Å². The molecule has 0 atom stereocenters. The summed E-state index contributed by atoms with van der Waals surface area (Å²) in [5.74, 6) is -0.0997. The van der Waals surface area contributed by atoms with Gasteiger partial charge >= 0.3 is 0 Å². The van der Waals surface area contributed by atoms with Crippen LogP contribution in [0.5, 0.6) is 5.88 Å². The van der Waals surface area contributed by atoms with Gasteiger partial charge in [-0.25, -0.2) is 28.7 Å². The van der Waals surface area contributed by atoms with E-state index in [9.17, 15) is 8.78 Å². The third-order valence-electron chi connectivity index (χ3n) is 4.21. The SMILES string of the molecule is COc1ncc(F)cc1CNc1ncc(Cc2c[nH]c3ncc(F)cc23)cn1. The van der Waals surface area contributed by atoms with Crippen molar-refractivity contribution in [3.8, 4) is 5.88 Å². The minimum Gasteiger partial charge on any atom is -0.481 e. The second kappa shape index (κ2) is 7.55. The van der Waals surface area contributed by atoms with Crippen molar-refractivity contribution in [2.24, 2.45) is 0 Å². The molecule has 0 aromatic carbocycles. The van der Waals surface area contributed by atoms with Crippen LogP contribution in [-0.4, -0.2) is 32.0 Å². The third-order valence-corrected chi connectivity index (χ3v) is 4.21. The van der Waals surface area contributed by atoms with Crippen LogP contribution in [0.3, 0.4) is 0 Å². The van der Waals surface area contributed by atoms with Crippen molar-refractivity contribution in [3.05, 3.63) is 71.4 Å². The Labute approximate surface area is 158 Å². The van der Waals surface area contributed by atoms with Crippen LogP contribution >= 0.6 is 0 Å². The van der Waals surface area contributed by atoms with Crippen LogP contribution in [0.4, 0.5) is 14.7 Å². The summed E-state index contributed by atoms with van der Waals surface area (Å²) < 4.78 is 31.9. The number of nitrogens with zero attached hydrogens (tertiary/aromatic N) is 4. The monoisotopic (exact) mass is 382 g/mol. The van der Waals surface area contributed by atoms with Crippen molar-refractivity contribution in [2.45, 2.75) is 13.0 Å². The summed E-state index contributed by atoms with van der Waals surface area (Å²) in [4.78, 5) is 19.5. The molecular formula is C19H16F2N6O. The highest BCUT2D eigenvalue weighted by Gasteiger charge is 2.09. The zero-order valence-corrected chi connectivity index (χ0v) is 14.9. The molecule has 4 aromatic rings. The van der Waals surface area contributed by atoms with Crippen LogP contribution in [0.25, 0.3) is 11.0 Å². The molecule has 9 heteroatoms. The van der Waals surface area contributed by atoms with Gasteiger partial charge < -0.3 is 15.0 Å². The molecule has 0 unspecified atom stereocenters. The number of aromatic amines is 1. The van der Waals surface area contributed by atoms with Crippen LogP contribution in [0.15, 0.2) is 43.1 Å². The van der Waals surface area contributed by atoms with Gasteiger partial charge in [0.1, 0.15) is 17.3 Å². The summed E-state index contributed by atoms with van der Waals surface area (Å²) in [6.45, 7) is 0.265. The number of nitrogens with one attached hydrogen (secondary N) is 2. The molecule has 4 heterocycles. The number of pyridine rings is 2. The predicted octanol–water partition coefficient (Wildman–Crippen LogP) is 3.24. The number of ether oxygens (including phenoxy) is 1. The number of rotatable bonds is 6. The maximum Gasteiger partial charge on any atom is 0.222 e. The van der Waals surface area contributed by atoms with E-state index in [1.54, 1.807) is 18.6 Å². The average molecular weight is 382 g/mol. The maximum absolute atomic E-state index is 13.4. The summed E-state index contributed by atoms with van der Waals surface area (Å²) in [6.07, 6.45) is 7.97. The predicted molar refractivity (Wildman–Crippen MR) is 99.0 cm³/mol. The van der Waals surface area contributed by atoms with Crippen LogP contribution in [-0.2, 0) is 13.0 Å². The Morgan fingerprint density at radius 3 is 2.50 bits per heavy atom. The number of hydrogen-bond donors (Lipinski definition) is 2. The van der Waals surface area contributed by atoms with Gasteiger partial charge in [-0.2, -0.15) is 0 Å². The van der Waals surface area contributed by atoms with Crippen LogP contribution in [0.2, 0.25) is 0 Å². The topological polar surface area (TPSA) is 88.6 Å². The Hall–Kier alpha value is -3.62. The molecule has 0 radical (unpaired) electrons. The Balaban J connectivity index is 1.45. The number of aromatic nitrogens is 5. The van der Waals surface area contributed by atoms with E-state index in [4.69, 9.17) is 4.74 Å². The largest absolute Gasteiger partial charge is 0.481 e. The zero-order chi connectivity index (χ0) is 19.5. The van der Waals surface area contributed by atoms with E-state index >= 15 is 0 Å². The van der Waals surface area contributed by atoms with Gasteiger partial charge in [0, 0.05) is 42.5 Å². The smallest absolute Gasteiger partial charge is 0.222 e.